The molecule has 1 atom stereocenters. The van der Waals surface area contributed by atoms with Gasteiger partial charge in [-0.2, -0.15) is 21.6 Å². The number of carbonyl (C=O) groups excluding carboxylic acids is 2. The molecule has 1 heterocycles. The molecule has 2 aliphatic rings. The Morgan fingerprint density at radius 1 is 1.18 bits per heavy atom. The molecule has 0 spiro atoms. The van der Waals surface area contributed by atoms with Crippen molar-refractivity contribution in [2.24, 2.45) is 5.41 Å². The summed E-state index contributed by atoms with van der Waals surface area (Å²) in [6.07, 6.45) is -3.77. The summed E-state index contributed by atoms with van der Waals surface area (Å²) in [5.74, 6) is -1.83. The smallest absolute Gasteiger partial charge is 0.413 e. The first-order chi connectivity index (χ1) is 17.5. The lowest BCUT2D eigenvalue weighted by Crippen LogP contribution is -2.38. The van der Waals surface area contributed by atoms with Crippen LogP contribution in [0.5, 0.6) is 0 Å². The van der Waals surface area contributed by atoms with E-state index in [1.807, 2.05) is 13.8 Å². The fraction of sp³-hybridized carbons (Fsp3) is 0.538. The Balaban J connectivity index is 1.87. The number of halogens is 3. The maximum Gasteiger partial charge on any atom is 0.413 e. The fourth-order valence-corrected chi connectivity index (χ4v) is 5.69. The van der Waals surface area contributed by atoms with Crippen LogP contribution in [0, 0.1) is 5.41 Å². The number of hydrogen-bond acceptors (Lipinski definition) is 8. The lowest BCUT2D eigenvalue weighted by molar-refractivity contribution is -0.152. The molecule has 12 heteroatoms. The minimum Gasteiger partial charge on any atom is -0.463 e. The zero-order chi connectivity index (χ0) is 28.5. The van der Waals surface area contributed by atoms with Gasteiger partial charge >= 0.3 is 12.1 Å². The van der Waals surface area contributed by atoms with Gasteiger partial charge in [0.1, 0.15) is 0 Å². The minimum absolute atomic E-state index is 0.0479. The van der Waals surface area contributed by atoms with Crippen molar-refractivity contribution in [2.45, 2.75) is 52.6 Å². The highest BCUT2D eigenvalue weighted by Crippen LogP contribution is 2.47. The van der Waals surface area contributed by atoms with Crippen LogP contribution in [0.15, 0.2) is 46.8 Å². The summed E-state index contributed by atoms with van der Waals surface area (Å²) in [7, 11) is -2.77. The molecule has 0 radical (unpaired) electrons. The molecule has 1 aromatic carbocycles. The Bertz CT molecular complexity index is 1250. The van der Waals surface area contributed by atoms with Crippen LogP contribution in [0.3, 0.4) is 0 Å². The van der Waals surface area contributed by atoms with Gasteiger partial charge in [-0.05, 0) is 43.4 Å². The second-order valence-corrected chi connectivity index (χ2v) is 12.1. The van der Waals surface area contributed by atoms with Crippen LogP contribution in [0.2, 0.25) is 0 Å². The van der Waals surface area contributed by atoms with Crippen molar-refractivity contribution in [3.8, 4) is 0 Å². The standard InChI is InChI=1S/C26H33F3N2O6S/c1-6-36-24(33)21-16(2)30-19-13-25(3,4)14-20(32)23(19)22(21)17-7-9-18(10-8-17)31(5)11-12-38(34,35)37-15-26(27,28)29/h7-10,22,30H,6,11-15H2,1-5H3/t22-/m1/s1. The molecule has 210 valence electrons. The van der Waals surface area contributed by atoms with Crippen molar-refractivity contribution in [2.75, 3.05) is 37.5 Å². The van der Waals surface area contributed by atoms with Crippen LogP contribution in [-0.2, 0) is 28.6 Å². The number of alkyl halides is 3. The van der Waals surface area contributed by atoms with Crippen LogP contribution in [0.1, 0.15) is 52.0 Å². The molecule has 0 aromatic heterocycles. The Morgan fingerprint density at radius 3 is 2.39 bits per heavy atom. The molecule has 3 rings (SSSR count). The van der Waals surface area contributed by atoms with E-state index < -0.39 is 40.5 Å². The van der Waals surface area contributed by atoms with Crippen molar-refractivity contribution in [3.05, 3.63) is 52.4 Å². The van der Waals surface area contributed by atoms with Crippen LogP contribution >= 0.6 is 0 Å². The second kappa shape index (κ2) is 11.1. The number of ketones is 1. The van der Waals surface area contributed by atoms with Gasteiger partial charge < -0.3 is 15.0 Å². The van der Waals surface area contributed by atoms with Crippen LogP contribution in [0.4, 0.5) is 18.9 Å². The molecule has 38 heavy (non-hydrogen) atoms. The van der Waals surface area contributed by atoms with Crippen molar-refractivity contribution >= 4 is 27.6 Å². The van der Waals surface area contributed by atoms with Gasteiger partial charge in [-0.1, -0.05) is 26.0 Å². The Kier molecular flexibility index (Phi) is 8.67. The van der Waals surface area contributed by atoms with E-state index in [1.54, 1.807) is 50.1 Å². The summed E-state index contributed by atoms with van der Waals surface area (Å²) < 4.78 is 69.9. The SMILES string of the molecule is CCOC(=O)C1=C(C)NC2=C(C(=O)CC(C)(C)C2)[C@@H]1c1ccc(N(C)CCS(=O)(=O)OCC(F)(F)F)cc1. The van der Waals surface area contributed by atoms with Gasteiger partial charge in [0.05, 0.1) is 17.9 Å². The first-order valence-electron chi connectivity index (χ1n) is 12.2. The molecule has 8 nitrogen and oxygen atoms in total. The third kappa shape index (κ3) is 7.16. The number of nitrogens with one attached hydrogen (secondary N) is 1. The quantitative estimate of drug-likeness (QED) is 0.356. The lowest BCUT2D eigenvalue weighted by Gasteiger charge is -2.39. The van der Waals surface area contributed by atoms with Crippen molar-refractivity contribution in [1.82, 2.24) is 5.32 Å². The largest absolute Gasteiger partial charge is 0.463 e. The number of allylic oxidation sites excluding steroid dienone is 3. The zero-order valence-electron chi connectivity index (χ0n) is 22.1. The monoisotopic (exact) mass is 558 g/mol. The number of Topliss-reactive ketones (excluding diaryl/α,β-unsaturated/α-hetero) is 1. The molecule has 1 aromatic rings. The molecule has 0 bridgehead atoms. The van der Waals surface area contributed by atoms with Gasteiger partial charge in [0.25, 0.3) is 10.1 Å². The molecule has 0 unspecified atom stereocenters. The molecular weight excluding hydrogens is 525 g/mol. The van der Waals surface area contributed by atoms with Gasteiger partial charge in [-0.25, -0.2) is 4.79 Å². The normalized spacial score (nSPS) is 19.7. The molecular formula is C26H33F3N2O6S. The number of ether oxygens (including phenoxy) is 1. The molecule has 0 saturated carbocycles. The molecule has 0 fully saturated rings. The molecule has 0 saturated heterocycles. The van der Waals surface area contributed by atoms with E-state index >= 15 is 0 Å². The number of dihydropyridines is 1. The Hall–Kier alpha value is -2.86. The fourth-order valence-electron chi connectivity index (χ4n) is 4.76. The maximum absolute atomic E-state index is 13.3. The van der Waals surface area contributed by atoms with Crippen molar-refractivity contribution in [3.63, 3.8) is 0 Å². The van der Waals surface area contributed by atoms with E-state index in [0.29, 0.717) is 40.9 Å². The Morgan fingerprint density at radius 2 is 1.82 bits per heavy atom. The van der Waals surface area contributed by atoms with Crippen LogP contribution < -0.4 is 10.2 Å². The van der Waals surface area contributed by atoms with Crippen molar-refractivity contribution in [1.29, 1.82) is 0 Å². The highest BCUT2D eigenvalue weighted by molar-refractivity contribution is 7.86. The third-order valence-corrected chi connectivity index (χ3v) is 7.64. The van der Waals surface area contributed by atoms with Gasteiger partial charge in [0.2, 0.25) is 0 Å². The number of anilines is 1. The highest BCUT2D eigenvalue weighted by atomic mass is 32.2. The third-order valence-electron chi connectivity index (χ3n) is 6.48. The predicted molar refractivity (Wildman–Crippen MR) is 136 cm³/mol. The van der Waals surface area contributed by atoms with E-state index in [-0.39, 0.29) is 24.3 Å². The topological polar surface area (TPSA) is 102 Å². The van der Waals surface area contributed by atoms with Gasteiger partial charge in [0, 0.05) is 48.6 Å². The summed E-state index contributed by atoms with van der Waals surface area (Å²) in [4.78, 5) is 27.8. The summed E-state index contributed by atoms with van der Waals surface area (Å²) in [6, 6.07) is 6.91. The number of rotatable bonds is 9. The predicted octanol–water partition coefficient (Wildman–Crippen LogP) is 4.20. The first-order valence-corrected chi connectivity index (χ1v) is 13.8. The van der Waals surface area contributed by atoms with E-state index in [0.717, 1.165) is 5.70 Å². The number of nitrogens with zero attached hydrogens (tertiary/aromatic N) is 1. The average Bonchev–Trinajstić information content (AvgIpc) is 2.79. The van der Waals surface area contributed by atoms with Crippen LogP contribution in [-0.4, -0.2) is 58.9 Å². The van der Waals surface area contributed by atoms with E-state index in [2.05, 4.69) is 9.50 Å². The van der Waals surface area contributed by atoms with Gasteiger partial charge in [-0.15, -0.1) is 0 Å². The number of hydrogen-bond donors (Lipinski definition) is 1. The van der Waals surface area contributed by atoms with E-state index in [9.17, 15) is 31.2 Å². The number of carbonyl (C=O) groups is 2. The Labute approximate surface area is 221 Å². The molecule has 1 aliphatic carbocycles. The zero-order valence-corrected chi connectivity index (χ0v) is 22.9. The summed E-state index contributed by atoms with van der Waals surface area (Å²) >= 11 is 0. The minimum atomic E-state index is -4.75. The maximum atomic E-state index is 13.3. The van der Waals surface area contributed by atoms with Gasteiger partial charge in [0.15, 0.2) is 12.4 Å². The number of benzene rings is 1. The van der Waals surface area contributed by atoms with Crippen LogP contribution in [0.25, 0.3) is 0 Å². The number of esters is 1. The molecule has 1 aliphatic heterocycles. The summed E-state index contributed by atoms with van der Waals surface area (Å²) in [6.45, 7) is 5.72. The average molecular weight is 559 g/mol. The van der Waals surface area contributed by atoms with Gasteiger partial charge in [-0.3, -0.25) is 8.98 Å². The lowest BCUT2D eigenvalue weighted by atomic mass is 9.68. The molecule has 0 amide bonds. The molecule has 1 N–H and O–H groups in total. The second-order valence-electron chi connectivity index (χ2n) is 10.3. The van der Waals surface area contributed by atoms with E-state index in [1.165, 1.54) is 0 Å². The summed E-state index contributed by atoms with van der Waals surface area (Å²) in [5, 5.41) is 3.26. The first kappa shape index (κ1) is 29.7. The van der Waals surface area contributed by atoms with Crippen molar-refractivity contribution < 1.29 is 40.1 Å². The van der Waals surface area contributed by atoms with E-state index in [4.69, 9.17) is 4.74 Å². The highest BCUT2D eigenvalue weighted by Gasteiger charge is 2.43. The summed E-state index contributed by atoms with van der Waals surface area (Å²) in [5.41, 5.74) is 3.34.